The van der Waals surface area contributed by atoms with E-state index in [9.17, 15) is 0 Å². The molecule has 0 spiro atoms. The lowest BCUT2D eigenvalue weighted by molar-refractivity contribution is 0.341. The smallest absolute Gasteiger partial charge is 0.194 e. The first-order valence-corrected chi connectivity index (χ1v) is 6.77. The summed E-state index contributed by atoms with van der Waals surface area (Å²) in [6.45, 7) is 4.80. The van der Waals surface area contributed by atoms with Crippen LogP contribution in [0.4, 0.5) is 0 Å². The highest BCUT2D eigenvalue weighted by molar-refractivity contribution is 7.17. The fourth-order valence-electron chi connectivity index (χ4n) is 2.15. The Balaban J connectivity index is 2.25. The van der Waals surface area contributed by atoms with Crippen molar-refractivity contribution in [3.63, 3.8) is 0 Å². The van der Waals surface area contributed by atoms with E-state index in [1.54, 1.807) is 11.3 Å². The van der Waals surface area contributed by atoms with Crippen LogP contribution in [0.3, 0.4) is 0 Å². The van der Waals surface area contributed by atoms with Gasteiger partial charge in [-0.15, -0.1) is 11.3 Å². The first-order valence-electron chi connectivity index (χ1n) is 5.96. The lowest BCUT2D eigenvalue weighted by Crippen LogP contribution is -1.95. The number of thiazole rings is 1. The summed E-state index contributed by atoms with van der Waals surface area (Å²) in [7, 11) is 0. The molecule has 2 aromatic heterocycles. The van der Waals surface area contributed by atoms with Gasteiger partial charge in [0.15, 0.2) is 4.96 Å². The van der Waals surface area contributed by atoms with Gasteiger partial charge in [-0.2, -0.15) is 0 Å². The monoisotopic (exact) mass is 258 g/mol. The molecule has 92 valence electrons. The van der Waals surface area contributed by atoms with E-state index in [4.69, 9.17) is 4.74 Å². The molecule has 4 heteroatoms. The van der Waals surface area contributed by atoms with Crippen molar-refractivity contribution in [3.05, 3.63) is 41.5 Å². The number of para-hydroxylation sites is 1. The zero-order valence-electron chi connectivity index (χ0n) is 10.4. The van der Waals surface area contributed by atoms with Crippen LogP contribution in [0.5, 0.6) is 5.75 Å². The van der Waals surface area contributed by atoms with Crippen molar-refractivity contribution in [2.45, 2.75) is 13.8 Å². The summed E-state index contributed by atoms with van der Waals surface area (Å²) in [4.78, 5) is 6.62. The Morgan fingerprint density at radius 1 is 1.33 bits per heavy atom. The predicted octanol–water partition coefficient (Wildman–Crippen LogP) is 3.77. The topological polar surface area (TPSA) is 26.5 Å². The van der Waals surface area contributed by atoms with Gasteiger partial charge in [0.1, 0.15) is 5.75 Å². The zero-order chi connectivity index (χ0) is 12.5. The molecule has 0 aliphatic carbocycles. The molecule has 0 aliphatic heterocycles. The van der Waals surface area contributed by atoms with Crippen LogP contribution in [0.2, 0.25) is 0 Å². The van der Waals surface area contributed by atoms with Crippen molar-refractivity contribution in [1.29, 1.82) is 0 Å². The lowest BCUT2D eigenvalue weighted by atomic mass is 10.1. The summed E-state index contributed by atoms with van der Waals surface area (Å²) in [5.74, 6) is 0.927. The molecule has 0 bridgehead atoms. The largest absolute Gasteiger partial charge is 0.493 e. The first kappa shape index (κ1) is 11.3. The maximum absolute atomic E-state index is 5.71. The number of fused-ring (bicyclic) bond motifs is 1. The molecule has 0 fully saturated rings. The van der Waals surface area contributed by atoms with Crippen molar-refractivity contribution in [3.8, 4) is 17.0 Å². The third kappa shape index (κ3) is 1.69. The molecule has 0 N–H and O–H groups in total. The average Bonchev–Trinajstić information content (AvgIpc) is 2.90. The second kappa shape index (κ2) is 4.46. The van der Waals surface area contributed by atoms with Crippen molar-refractivity contribution in [2.24, 2.45) is 0 Å². The number of imidazole rings is 1. The number of nitrogens with zero attached hydrogens (tertiary/aromatic N) is 2. The molecule has 0 unspecified atom stereocenters. The fourth-order valence-corrected chi connectivity index (χ4v) is 3.10. The van der Waals surface area contributed by atoms with Gasteiger partial charge < -0.3 is 4.74 Å². The highest BCUT2D eigenvalue weighted by Gasteiger charge is 2.14. The van der Waals surface area contributed by atoms with Gasteiger partial charge in [-0.3, -0.25) is 4.40 Å². The van der Waals surface area contributed by atoms with Gasteiger partial charge in [-0.1, -0.05) is 12.1 Å². The lowest BCUT2D eigenvalue weighted by Gasteiger charge is -2.10. The molecule has 3 rings (SSSR count). The van der Waals surface area contributed by atoms with E-state index in [0.717, 1.165) is 16.3 Å². The van der Waals surface area contributed by atoms with Gasteiger partial charge in [0, 0.05) is 22.8 Å². The van der Waals surface area contributed by atoms with Gasteiger partial charge in [0.2, 0.25) is 0 Å². The summed E-state index contributed by atoms with van der Waals surface area (Å²) in [6, 6.07) is 8.15. The number of rotatable bonds is 3. The number of benzene rings is 1. The minimum atomic E-state index is 0.674. The van der Waals surface area contributed by atoms with Crippen LogP contribution in [-0.2, 0) is 0 Å². The highest BCUT2D eigenvalue weighted by Crippen LogP contribution is 2.36. The second-order valence-corrected chi connectivity index (χ2v) is 5.20. The van der Waals surface area contributed by atoms with E-state index in [0.29, 0.717) is 6.61 Å². The van der Waals surface area contributed by atoms with Crippen LogP contribution in [0.1, 0.15) is 11.8 Å². The highest BCUT2D eigenvalue weighted by atomic mass is 32.1. The molecule has 3 nitrogen and oxygen atoms in total. The molecule has 0 saturated carbocycles. The van der Waals surface area contributed by atoms with Gasteiger partial charge in [-0.25, -0.2) is 4.98 Å². The Morgan fingerprint density at radius 2 is 2.17 bits per heavy atom. The quantitative estimate of drug-likeness (QED) is 0.715. The minimum Gasteiger partial charge on any atom is -0.493 e. The Hall–Kier alpha value is -1.81. The SMILES string of the molecule is CCOc1ccccc1-c1c(C)sc2nccn12. The Kier molecular flexibility index (Phi) is 2.80. The first-order chi connectivity index (χ1) is 8.81. The summed E-state index contributed by atoms with van der Waals surface area (Å²) in [5, 5.41) is 0. The van der Waals surface area contributed by atoms with Crippen LogP contribution in [-0.4, -0.2) is 16.0 Å². The second-order valence-electron chi connectivity index (χ2n) is 4.02. The molecule has 1 aromatic carbocycles. The maximum atomic E-state index is 5.71. The molecular formula is C14H14N2OS. The molecule has 0 amide bonds. The van der Waals surface area contributed by atoms with Crippen molar-refractivity contribution in [2.75, 3.05) is 6.61 Å². The van der Waals surface area contributed by atoms with Crippen molar-refractivity contribution < 1.29 is 4.74 Å². The van der Waals surface area contributed by atoms with E-state index in [1.165, 1.54) is 10.6 Å². The summed E-state index contributed by atoms with van der Waals surface area (Å²) >= 11 is 1.70. The molecule has 0 radical (unpaired) electrons. The molecule has 3 aromatic rings. The van der Waals surface area contributed by atoms with Crippen molar-refractivity contribution in [1.82, 2.24) is 9.38 Å². The normalized spacial score (nSPS) is 11.0. The maximum Gasteiger partial charge on any atom is 0.194 e. The van der Waals surface area contributed by atoms with Gasteiger partial charge in [-0.05, 0) is 26.0 Å². The van der Waals surface area contributed by atoms with Crippen LogP contribution >= 0.6 is 11.3 Å². The molecule has 2 heterocycles. The number of aromatic nitrogens is 2. The van der Waals surface area contributed by atoms with Gasteiger partial charge in [0.25, 0.3) is 0 Å². The Labute approximate surface area is 110 Å². The molecular weight excluding hydrogens is 244 g/mol. The predicted molar refractivity (Wildman–Crippen MR) is 74.4 cm³/mol. The van der Waals surface area contributed by atoms with E-state index in [2.05, 4.69) is 22.4 Å². The fraction of sp³-hybridized carbons (Fsp3) is 0.214. The van der Waals surface area contributed by atoms with Gasteiger partial charge in [0.05, 0.1) is 12.3 Å². The van der Waals surface area contributed by atoms with Crippen LogP contribution in [0.15, 0.2) is 36.7 Å². The van der Waals surface area contributed by atoms with E-state index in [1.807, 2.05) is 37.5 Å². The molecule has 0 atom stereocenters. The van der Waals surface area contributed by atoms with Crippen LogP contribution in [0.25, 0.3) is 16.2 Å². The molecule has 0 saturated heterocycles. The Bertz CT molecular complexity index is 684. The summed E-state index contributed by atoms with van der Waals surface area (Å²) in [6.07, 6.45) is 3.83. The third-order valence-corrected chi connectivity index (χ3v) is 3.85. The molecule has 18 heavy (non-hydrogen) atoms. The standard InChI is InChI=1S/C14H14N2OS/c1-3-17-12-7-5-4-6-11(12)13-10(2)18-14-15-8-9-16(13)14/h4-9H,3H2,1-2H3. The number of ether oxygens (including phenoxy) is 1. The van der Waals surface area contributed by atoms with E-state index in [-0.39, 0.29) is 0 Å². The summed E-state index contributed by atoms with van der Waals surface area (Å²) < 4.78 is 7.84. The van der Waals surface area contributed by atoms with Crippen molar-refractivity contribution >= 4 is 16.3 Å². The molecule has 0 aliphatic rings. The third-order valence-electron chi connectivity index (χ3n) is 2.87. The van der Waals surface area contributed by atoms with Crippen LogP contribution in [0, 0.1) is 6.92 Å². The van der Waals surface area contributed by atoms with Gasteiger partial charge >= 0.3 is 0 Å². The zero-order valence-corrected chi connectivity index (χ0v) is 11.2. The number of hydrogen-bond donors (Lipinski definition) is 0. The minimum absolute atomic E-state index is 0.674. The Morgan fingerprint density at radius 3 is 3.00 bits per heavy atom. The number of hydrogen-bond acceptors (Lipinski definition) is 3. The summed E-state index contributed by atoms with van der Waals surface area (Å²) in [5.41, 5.74) is 2.30. The van der Waals surface area contributed by atoms with E-state index < -0.39 is 0 Å². The average molecular weight is 258 g/mol. The van der Waals surface area contributed by atoms with E-state index >= 15 is 0 Å². The van der Waals surface area contributed by atoms with Crippen LogP contribution < -0.4 is 4.74 Å². The number of aryl methyl sites for hydroxylation is 1.